The SMILES string of the molecule is CC(C)C1CC12CCC(F)(F)c1ccccc12. The summed E-state index contributed by atoms with van der Waals surface area (Å²) in [6.45, 7) is 4.41. The number of halogens is 2. The summed E-state index contributed by atoms with van der Waals surface area (Å²) < 4.78 is 27.8. The standard InChI is InChI=1S/C15H18F2/c1-10(2)13-9-14(13)7-8-15(16,17)12-6-4-3-5-11(12)14/h3-6,10,13H,7-9H2,1-2H3. The van der Waals surface area contributed by atoms with Gasteiger partial charge in [0.15, 0.2) is 0 Å². The van der Waals surface area contributed by atoms with Gasteiger partial charge in [0.1, 0.15) is 0 Å². The van der Waals surface area contributed by atoms with E-state index in [0.29, 0.717) is 18.3 Å². The van der Waals surface area contributed by atoms with Crippen LogP contribution in [0.25, 0.3) is 0 Å². The minimum absolute atomic E-state index is 0.0211. The van der Waals surface area contributed by atoms with E-state index in [0.717, 1.165) is 12.0 Å². The number of alkyl halides is 2. The van der Waals surface area contributed by atoms with E-state index >= 15 is 0 Å². The Morgan fingerprint density at radius 1 is 1.12 bits per heavy atom. The summed E-state index contributed by atoms with van der Waals surface area (Å²) in [5.74, 6) is -1.43. The second-order valence-electron chi connectivity index (χ2n) is 5.96. The molecule has 1 saturated carbocycles. The molecule has 1 spiro atoms. The van der Waals surface area contributed by atoms with Crippen molar-refractivity contribution in [3.05, 3.63) is 35.4 Å². The highest BCUT2D eigenvalue weighted by molar-refractivity contribution is 5.45. The van der Waals surface area contributed by atoms with E-state index in [9.17, 15) is 8.78 Å². The van der Waals surface area contributed by atoms with Gasteiger partial charge in [-0.2, -0.15) is 0 Å². The molecule has 0 aromatic heterocycles. The Kier molecular flexibility index (Phi) is 2.17. The lowest BCUT2D eigenvalue weighted by Gasteiger charge is -2.33. The summed E-state index contributed by atoms with van der Waals surface area (Å²) in [6, 6.07) is 7.17. The minimum Gasteiger partial charge on any atom is -0.201 e. The maximum absolute atomic E-state index is 13.9. The van der Waals surface area contributed by atoms with Crippen LogP contribution in [0.5, 0.6) is 0 Å². The molecule has 3 rings (SSSR count). The predicted molar refractivity (Wildman–Crippen MR) is 64.2 cm³/mol. The summed E-state index contributed by atoms with van der Waals surface area (Å²) in [6.07, 6.45) is 1.77. The molecule has 1 aromatic rings. The van der Waals surface area contributed by atoms with Crippen molar-refractivity contribution in [1.82, 2.24) is 0 Å². The first-order valence-corrected chi connectivity index (χ1v) is 6.45. The van der Waals surface area contributed by atoms with Crippen molar-refractivity contribution >= 4 is 0 Å². The molecule has 0 aliphatic heterocycles. The molecule has 2 atom stereocenters. The number of rotatable bonds is 1. The second-order valence-corrected chi connectivity index (χ2v) is 5.96. The third kappa shape index (κ3) is 1.46. The van der Waals surface area contributed by atoms with Crippen LogP contribution in [0.4, 0.5) is 8.78 Å². The first-order chi connectivity index (χ1) is 7.97. The third-order valence-corrected chi connectivity index (χ3v) is 4.68. The van der Waals surface area contributed by atoms with E-state index in [1.54, 1.807) is 12.1 Å². The van der Waals surface area contributed by atoms with Gasteiger partial charge in [-0.15, -0.1) is 0 Å². The number of fused-ring (bicyclic) bond motifs is 2. The van der Waals surface area contributed by atoms with Crippen LogP contribution in [0.1, 0.15) is 44.2 Å². The van der Waals surface area contributed by atoms with E-state index in [4.69, 9.17) is 0 Å². The smallest absolute Gasteiger partial charge is 0.201 e. The Bertz CT molecular complexity index is 450. The summed E-state index contributed by atoms with van der Waals surface area (Å²) in [7, 11) is 0. The molecule has 1 aromatic carbocycles. The average molecular weight is 236 g/mol. The fourth-order valence-corrected chi connectivity index (χ4v) is 3.69. The molecule has 0 nitrogen and oxygen atoms in total. The van der Waals surface area contributed by atoms with Gasteiger partial charge in [0.05, 0.1) is 0 Å². The van der Waals surface area contributed by atoms with Crippen molar-refractivity contribution in [3.8, 4) is 0 Å². The van der Waals surface area contributed by atoms with Crippen LogP contribution in [0.2, 0.25) is 0 Å². The molecule has 2 aliphatic rings. The first kappa shape index (κ1) is 11.2. The topological polar surface area (TPSA) is 0 Å². The molecule has 92 valence electrons. The van der Waals surface area contributed by atoms with Crippen LogP contribution in [-0.2, 0) is 11.3 Å². The summed E-state index contributed by atoms with van der Waals surface area (Å²) >= 11 is 0. The fourth-order valence-electron chi connectivity index (χ4n) is 3.69. The minimum atomic E-state index is -2.62. The highest BCUT2D eigenvalue weighted by Gasteiger charge is 2.61. The van der Waals surface area contributed by atoms with Crippen molar-refractivity contribution in [1.29, 1.82) is 0 Å². The van der Waals surface area contributed by atoms with Gasteiger partial charge in [-0.1, -0.05) is 38.1 Å². The average Bonchev–Trinajstić information content (AvgIpc) is 3.01. The zero-order valence-electron chi connectivity index (χ0n) is 10.3. The lowest BCUT2D eigenvalue weighted by atomic mass is 9.75. The fraction of sp³-hybridized carbons (Fsp3) is 0.600. The van der Waals surface area contributed by atoms with Crippen LogP contribution in [0.15, 0.2) is 24.3 Å². The van der Waals surface area contributed by atoms with Crippen LogP contribution in [0.3, 0.4) is 0 Å². The molecule has 0 bridgehead atoms. The van der Waals surface area contributed by atoms with E-state index in [2.05, 4.69) is 13.8 Å². The van der Waals surface area contributed by atoms with Gasteiger partial charge in [-0.25, -0.2) is 8.78 Å². The molecular formula is C15H18F2. The molecular weight excluding hydrogens is 218 g/mol. The Labute approximate surface area is 101 Å². The molecule has 0 radical (unpaired) electrons. The number of hydrogen-bond acceptors (Lipinski definition) is 0. The van der Waals surface area contributed by atoms with Crippen molar-refractivity contribution < 1.29 is 8.78 Å². The zero-order valence-corrected chi connectivity index (χ0v) is 10.3. The zero-order chi connectivity index (χ0) is 12.3. The van der Waals surface area contributed by atoms with Gasteiger partial charge in [-0.05, 0) is 35.7 Å². The van der Waals surface area contributed by atoms with Crippen LogP contribution >= 0.6 is 0 Å². The van der Waals surface area contributed by atoms with Crippen molar-refractivity contribution in [2.45, 2.75) is 44.4 Å². The van der Waals surface area contributed by atoms with Crippen LogP contribution < -0.4 is 0 Å². The largest absolute Gasteiger partial charge is 0.273 e. The van der Waals surface area contributed by atoms with E-state index in [1.165, 1.54) is 0 Å². The molecule has 0 N–H and O–H groups in total. The summed E-state index contributed by atoms with van der Waals surface area (Å²) in [5, 5.41) is 0. The number of benzene rings is 1. The molecule has 2 heteroatoms. The van der Waals surface area contributed by atoms with Crippen molar-refractivity contribution in [2.24, 2.45) is 11.8 Å². The maximum Gasteiger partial charge on any atom is 0.273 e. The van der Waals surface area contributed by atoms with Gasteiger partial charge < -0.3 is 0 Å². The lowest BCUT2D eigenvalue weighted by molar-refractivity contribution is -0.0280. The van der Waals surface area contributed by atoms with Gasteiger partial charge >= 0.3 is 0 Å². The Hall–Kier alpha value is -0.920. The van der Waals surface area contributed by atoms with Crippen LogP contribution in [-0.4, -0.2) is 0 Å². The maximum atomic E-state index is 13.9. The summed E-state index contributed by atoms with van der Waals surface area (Å²) in [4.78, 5) is 0. The van der Waals surface area contributed by atoms with E-state index in [1.807, 2.05) is 12.1 Å². The van der Waals surface area contributed by atoms with Crippen LogP contribution in [0, 0.1) is 11.8 Å². The second kappa shape index (κ2) is 3.30. The van der Waals surface area contributed by atoms with Gasteiger partial charge in [0.2, 0.25) is 0 Å². The highest BCUT2D eigenvalue weighted by Crippen LogP contribution is 2.65. The quantitative estimate of drug-likeness (QED) is 0.674. The Morgan fingerprint density at radius 2 is 1.76 bits per heavy atom. The highest BCUT2D eigenvalue weighted by atomic mass is 19.3. The monoisotopic (exact) mass is 236 g/mol. The molecule has 2 unspecified atom stereocenters. The molecule has 0 heterocycles. The molecule has 0 amide bonds. The van der Waals surface area contributed by atoms with Gasteiger partial charge in [0, 0.05) is 12.0 Å². The number of hydrogen-bond donors (Lipinski definition) is 0. The Balaban J connectivity index is 2.08. The molecule has 2 aliphatic carbocycles. The van der Waals surface area contributed by atoms with Crippen molar-refractivity contribution in [3.63, 3.8) is 0 Å². The normalized spacial score (nSPS) is 33.8. The van der Waals surface area contributed by atoms with Gasteiger partial charge in [-0.3, -0.25) is 0 Å². The first-order valence-electron chi connectivity index (χ1n) is 6.45. The van der Waals surface area contributed by atoms with Gasteiger partial charge in [0.25, 0.3) is 5.92 Å². The predicted octanol–water partition coefficient (Wildman–Crippen LogP) is 4.49. The Morgan fingerprint density at radius 3 is 2.35 bits per heavy atom. The molecule has 1 fully saturated rings. The van der Waals surface area contributed by atoms with Crippen molar-refractivity contribution in [2.75, 3.05) is 0 Å². The lowest BCUT2D eigenvalue weighted by Crippen LogP contribution is -2.29. The molecule has 17 heavy (non-hydrogen) atoms. The van der Waals surface area contributed by atoms with E-state index < -0.39 is 5.92 Å². The summed E-state index contributed by atoms with van der Waals surface area (Å²) in [5.41, 5.74) is 1.29. The van der Waals surface area contributed by atoms with E-state index in [-0.39, 0.29) is 17.4 Å². The molecule has 0 saturated heterocycles. The third-order valence-electron chi connectivity index (χ3n) is 4.68.